The number of rotatable bonds is 4. The van der Waals surface area contributed by atoms with Crippen molar-refractivity contribution in [3.63, 3.8) is 0 Å². The Bertz CT molecular complexity index is 1280. The number of benzene rings is 3. The number of hydrogen-bond donors (Lipinski definition) is 1. The monoisotopic (exact) mass is 485 g/mol. The van der Waals surface area contributed by atoms with Crippen LogP contribution in [0.4, 0.5) is 10.1 Å². The molecule has 0 spiro atoms. The Morgan fingerprint density at radius 2 is 1.67 bits per heavy atom. The van der Waals surface area contributed by atoms with Gasteiger partial charge in [0, 0.05) is 11.3 Å². The molecule has 3 aromatic rings. The second-order valence-electron chi connectivity index (χ2n) is 7.53. The van der Waals surface area contributed by atoms with Crippen LogP contribution in [0.1, 0.15) is 22.7 Å². The van der Waals surface area contributed by atoms with Gasteiger partial charge in [0.1, 0.15) is 11.6 Å². The van der Waals surface area contributed by atoms with E-state index in [1.54, 1.807) is 18.2 Å². The van der Waals surface area contributed by atoms with Gasteiger partial charge in [-0.15, -0.1) is 0 Å². The quantitative estimate of drug-likeness (QED) is 0.276. The summed E-state index contributed by atoms with van der Waals surface area (Å²) in [6, 6.07) is 14.2. The summed E-state index contributed by atoms with van der Waals surface area (Å²) < 4.78 is 18.8. The summed E-state index contributed by atoms with van der Waals surface area (Å²) in [7, 11) is 1.40. The van der Waals surface area contributed by atoms with E-state index in [1.807, 2.05) is 13.0 Å². The summed E-state index contributed by atoms with van der Waals surface area (Å²) in [5.74, 6) is -2.41. The molecule has 1 heterocycles. The molecule has 1 fully saturated rings. The number of methoxy groups -OCH3 is 1. The Kier molecular flexibility index (Phi) is 6.15. The lowest BCUT2D eigenvalue weighted by atomic mass is 9.95. The summed E-state index contributed by atoms with van der Waals surface area (Å²) >= 11 is 12.4. The van der Waals surface area contributed by atoms with Crippen LogP contribution >= 0.6 is 23.2 Å². The van der Waals surface area contributed by atoms with Crippen LogP contribution in [-0.4, -0.2) is 23.9 Å². The summed E-state index contributed by atoms with van der Waals surface area (Å²) in [6.07, 6.45) is 0. The first-order valence-corrected chi connectivity index (χ1v) is 10.6. The lowest BCUT2D eigenvalue weighted by Gasteiger charge is -2.25. The predicted octanol–water partition coefficient (Wildman–Crippen LogP) is 6.08. The Balaban J connectivity index is 1.96. The first-order chi connectivity index (χ1) is 15.7. The minimum absolute atomic E-state index is 0.123. The molecule has 8 heteroatoms. The van der Waals surface area contributed by atoms with Crippen molar-refractivity contribution >= 4 is 46.3 Å². The number of Topliss-reactive ketones (excluding diaryl/α,β-unsaturated/α-hetero) is 1. The van der Waals surface area contributed by atoms with E-state index in [2.05, 4.69) is 0 Å². The first kappa shape index (κ1) is 22.8. The number of aryl methyl sites for hydroxylation is 1. The third kappa shape index (κ3) is 4.08. The summed E-state index contributed by atoms with van der Waals surface area (Å²) in [5, 5.41) is 11.4. The number of aliphatic hydroxyl groups is 1. The zero-order valence-corrected chi connectivity index (χ0v) is 19.1. The van der Waals surface area contributed by atoms with E-state index < -0.39 is 29.3 Å². The predicted molar refractivity (Wildman–Crippen MR) is 125 cm³/mol. The van der Waals surface area contributed by atoms with Crippen molar-refractivity contribution in [3.8, 4) is 5.75 Å². The Labute approximate surface area is 199 Å². The minimum atomic E-state index is -0.993. The van der Waals surface area contributed by atoms with E-state index in [-0.39, 0.29) is 26.9 Å². The molecule has 1 atom stereocenters. The summed E-state index contributed by atoms with van der Waals surface area (Å²) in [5.41, 5.74) is 1.77. The number of ketones is 1. The fourth-order valence-electron chi connectivity index (χ4n) is 3.88. The zero-order chi connectivity index (χ0) is 23.9. The number of aliphatic hydroxyl groups excluding tert-OH is 1. The molecule has 1 saturated heterocycles. The molecule has 33 heavy (non-hydrogen) atoms. The van der Waals surface area contributed by atoms with Gasteiger partial charge in [0.2, 0.25) is 0 Å². The fourth-order valence-corrected chi connectivity index (χ4v) is 4.53. The highest BCUT2D eigenvalue weighted by molar-refractivity contribution is 6.51. The smallest absolute Gasteiger partial charge is 0.300 e. The van der Waals surface area contributed by atoms with Crippen LogP contribution in [0.2, 0.25) is 10.0 Å². The normalized spacial score (nSPS) is 17.5. The standard InChI is InChI=1S/C25H18Cl2FNO4/c1-13-4-3-5-17(10-13)29-21(14-6-8-16(28)9-7-14)20(23(31)25(29)32)22(30)15-11-18(26)24(33-2)19(27)12-15/h3-12,21,30H,1-2H3/b22-20+. The van der Waals surface area contributed by atoms with Crippen LogP contribution in [0.3, 0.4) is 0 Å². The van der Waals surface area contributed by atoms with Gasteiger partial charge in [0.25, 0.3) is 11.7 Å². The molecule has 0 bridgehead atoms. The molecule has 1 unspecified atom stereocenters. The first-order valence-electron chi connectivity index (χ1n) is 9.89. The van der Waals surface area contributed by atoms with Gasteiger partial charge in [0.05, 0.1) is 28.8 Å². The largest absolute Gasteiger partial charge is 0.507 e. The molecule has 4 rings (SSSR count). The highest BCUT2D eigenvalue weighted by atomic mass is 35.5. The SMILES string of the molecule is COc1c(Cl)cc(/C(O)=C2\C(=O)C(=O)N(c3cccc(C)c3)C2c2ccc(F)cc2)cc1Cl. The molecular weight excluding hydrogens is 468 g/mol. The van der Waals surface area contributed by atoms with Crippen molar-refractivity contribution in [1.82, 2.24) is 0 Å². The molecule has 1 aliphatic heterocycles. The molecular formula is C25H18Cl2FNO4. The van der Waals surface area contributed by atoms with E-state index in [0.717, 1.165) is 5.56 Å². The topological polar surface area (TPSA) is 66.8 Å². The number of halogens is 3. The van der Waals surface area contributed by atoms with Gasteiger partial charge in [-0.1, -0.05) is 47.5 Å². The maximum absolute atomic E-state index is 13.6. The highest BCUT2D eigenvalue weighted by Gasteiger charge is 2.47. The molecule has 0 aromatic heterocycles. The highest BCUT2D eigenvalue weighted by Crippen LogP contribution is 2.43. The average molecular weight is 486 g/mol. The van der Waals surface area contributed by atoms with Crippen LogP contribution in [0, 0.1) is 12.7 Å². The molecule has 0 radical (unpaired) electrons. The number of carbonyl (C=O) groups is 2. The second-order valence-corrected chi connectivity index (χ2v) is 8.35. The molecule has 1 N–H and O–H groups in total. The minimum Gasteiger partial charge on any atom is -0.507 e. The van der Waals surface area contributed by atoms with Crippen molar-refractivity contribution < 1.29 is 23.8 Å². The van der Waals surface area contributed by atoms with Crippen molar-refractivity contribution in [3.05, 3.63) is 98.8 Å². The maximum Gasteiger partial charge on any atom is 0.300 e. The molecule has 1 aliphatic rings. The molecule has 1 amide bonds. The van der Waals surface area contributed by atoms with E-state index >= 15 is 0 Å². The van der Waals surface area contributed by atoms with Gasteiger partial charge in [-0.3, -0.25) is 14.5 Å². The Morgan fingerprint density at radius 3 is 2.24 bits per heavy atom. The van der Waals surface area contributed by atoms with Crippen LogP contribution < -0.4 is 9.64 Å². The van der Waals surface area contributed by atoms with Crippen LogP contribution in [-0.2, 0) is 9.59 Å². The average Bonchev–Trinajstić information content (AvgIpc) is 3.04. The second kappa shape index (κ2) is 8.89. The fraction of sp³-hybridized carbons (Fsp3) is 0.120. The number of amides is 1. The van der Waals surface area contributed by atoms with Crippen LogP contribution in [0.5, 0.6) is 5.75 Å². The molecule has 5 nitrogen and oxygen atoms in total. The van der Waals surface area contributed by atoms with Gasteiger partial charge in [-0.2, -0.15) is 0 Å². The Hall–Kier alpha value is -3.35. The van der Waals surface area contributed by atoms with E-state index in [1.165, 1.54) is 48.4 Å². The molecule has 0 aliphatic carbocycles. The van der Waals surface area contributed by atoms with Crippen molar-refractivity contribution in [1.29, 1.82) is 0 Å². The van der Waals surface area contributed by atoms with E-state index in [4.69, 9.17) is 27.9 Å². The summed E-state index contributed by atoms with van der Waals surface area (Å²) in [6.45, 7) is 1.86. The number of nitrogens with zero attached hydrogens (tertiary/aromatic N) is 1. The lowest BCUT2D eigenvalue weighted by molar-refractivity contribution is -0.132. The van der Waals surface area contributed by atoms with Gasteiger partial charge < -0.3 is 9.84 Å². The maximum atomic E-state index is 13.6. The zero-order valence-electron chi connectivity index (χ0n) is 17.6. The van der Waals surface area contributed by atoms with Crippen molar-refractivity contribution in [2.45, 2.75) is 13.0 Å². The van der Waals surface area contributed by atoms with Gasteiger partial charge in [0.15, 0.2) is 5.75 Å². The van der Waals surface area contributed by atoms with Gasteiger partial charge in [-0.25, -0.2) is 4.39 Å². The molecule has 3 aromatic carbocycles. The van der Waals surface area contributed by atoms with Crippen molar-refractivity contribution in [2.24, 2.45) is 0 Å². The Morgan fingerprint density at radius 1 is 1.03 bits per heavy atom. The van der Waals surface area contributed by atoms with E-state index in [0.29, 0.717) is 11.3 Å². The summed E-state index contributed by atoms with van der Waals surface area (Å²) in [4.78, 5) is 27.6. The number of ether oxygens (including phenoxy) is 1. The lowest BCUT2D eigenvalue weighted by Crippen LogP contribution is -2.29. The third-order valence-corrected chi connectivity index (χ3v) is 5.95. The number of carbonyl (C=O) groups excluding carboxylic acids is 2. The van der Waals surface area contributed by atoms with Gasteiger partial charge >= 0.3 is 0 Å². The van der Waals surface area contributed by atoms with Crippen LogP contribution in [0.15, 0.2) is 66.2 Å². The van der Waals surface area contributed by atoms with Crippen molar-refractivity contribution in [2.75, 3.05) is 12.0 Å². The molecule has 0 saturated carbocycles. The third-order valence-electron chi connectivity index (χ3n) is 5.39. The van der Waals surface area contributed by atoms with Gasteiger partial charge in [-0.05, 0) is 54.4 Å². The number of hydrogen-bond acceptors (Lipinski definition) is 4. The van der Waals surface area contributed by atoms with E-state index in [9.17, 15) is 19.1 Å². The molecule has 168 valence electrons. The van der Waals surface area contributed by atoms with Crippen LogP contribution in [0.25, 0.3) is 5.76 Å². The number of anilines is 1.